The van der Waals surface area contributed by atoms with E-state index in [0.717, 1.165) is 28.5 Å². The summed E-state index contributed by atoms with van der Waals surface area (Å²) in [6.07, 6.45) is 0. The van der Waals surface area contributed by atoms with Crippen LogP contribution in [0.15, 0.2) is 47.5 Å². The molecule has 0 unspecified atom stereocenters. The maximum absolute atomic E-state index is 11.5. The monoisotopic (exact) mass is 409 g/mol. The fourth-order valence-electron chi connectivity index (χ4n) is 3.63. The van der Waals surface area contributed by atoms with Crippen LogP contribution in [0.25, 0.3) is 5.69 Å². The molecule has 0 aliphatic carbocycles. The average Bonchev–Trinajstić information content (AvgIpc) is 2.87. The third kappa shape index (κ3) is 3.43. The predicted octanol–water partition coefficient (Wildman–Crippen LogP) is 4.15. The fraction of sp³-hybridized carbons (Fsp3) is 0.238. The zero-order chi connectivity index (χ0) is 20.7. The van der Waals surface area contributed by atoms with Crippen LogP contribution in [0, 0.1) is 17.0 Å². The van der Waals surface area contributed by atoms with Crippen molar-refractivity contribution in [3.63, 3.8) is 0 Å². The number of aryl methyl sites for hydroxylation is 1. The molecule has 0 atom stereocenters. The molecular weight excluding hydrogens is 390 g/mol. The van der Waals surface area contributed by atoms with Crippen molar-refractivity contribution in [1.82, 2.24) is 14.5 Å². The first-order chi connectivity index (χ1) is 13.9. The number of imidazole rings is 1. The van der Waals surface area contributed by atoms with E-state index in [9.17, 15) is 10.1 Å². The standard InChI is InChI=1S/C21H20ClN5O2/c1-13-19-11-23-21(15-6-4-5-7-17(15)22)16-10-14(27(28)29)8-9-18(16)26(19)20(24-13)12-25(2)3/h4-10H,11-12H2,1-3H3. The van der Waals surface area contributed by atoms with Gasteiger partial charge in [0.2, 0.25) is 0 Å². The summed E-state index contributed by atoms with van der Waals surface area (Å²) in [4.78, 5) is 22.7. The van der Waals surface area contributed by atoms with Gasteiger partial charge in [-0.2, -0.15) is 0 Å². The van der Waals surface area contributed by atoms with Gasteiger partial charge in [-0.3, -0.25) is 19.7 Å². The third-order valence-electron chi connectivity index (χ3n) is 4.90. The molecule has 3 aromatic rings. The summed E-state index contributed by atoms with van der Waals surface area (Å²) >= 11 is 6.46. The summed E-state index contributed by atoms with van der Waals surface area (Å²) in [6, 6.07) is 12.3. The van der Waals surface area contributed by atoms with Crippen molar-refractivity contribution < 1.29 is 4.92 Å². The van der Waals surface area contributed by atoms with Crippen molar-refractivity contribution in [1.29, 1.82) is 0 Å². The molecule has 1 aromatic heterocycles. The van der Waals surface area contributed by atoms with Gasteiger partial charge < -0.3 is 4.90 Å². The highest BCUT2D eigenvalue weighted by Gasteiger charge is 2.26. The van der Waals surface area contributed by atoms with Gasteiger partial charge in [0.1, 0.15) is 5.82 Å². The van der Waals surface area contributed by atoms with Gasteiger partial charge in [-0.05, 0) is 33.2 Å². The SMILES string of the molecule is Cc1nc(CN(C)C)n2c1CN=C(c1ccccc1Cl)c1cc([N+](=O)[O-])ccc1-2. The minimum atomic E-state index is -0.393. The number of fused-ring (bicyclic) bond motifs is 3. The quantitative estimate of drug-likeness (QED) is 0.479. The van der Waals surface area contributed by atoms with E-state index < -0.39 is 4.92 Å². The molecule has 0 fully saturated rings. The van der Waals surface area contributed by atoms with Crippen molar-refractivity contribution in [2.45, 2.75) is 20.0 Å². The summed E-state index contributed by atoms with van der Waals surface area (Å²) < 4.78 is 2.07. The second-order valence-corrected chi connectivity index (χ2v) is 7.64. The molecule has 1 aliphatic heterocycles. The third-order valence-corrected chi connectivity index (χ3v) is 5.23. The van der Waals surface area contributed by atoms with Crippen molar-refractivity contribution in [2.24, 2.45) is 4.99 Å². The van der Waals surface area contributed by atoms with Crippen LogP contribution in [0.4, 0.5) is 5.69 Å². The Balaban J connectivity index is 2.02. The number of benzene rings is 2. The second-order valence-electron chi connectivity index (χ2n) is 7.24. The Hall–Kier alpha value is -3.03. The number of aliphatic imine (C=N–C) groups is 1. The Morgan fingerprint density at radius 1 is 1.21 bits per heavy atom. The lowest BCUT2D eigenvalue weighted by Crippen LogP contribution is -2.17. The largest absolute Gasteiger partial charge is 0.302 e. The van der Waals surface area contributed by atoms with Gasteiger partial charge in [0.25, 0.3) is 5.69 Å². The maximum atomic E-state index is 11.5. The Kier molecular flexibility index (Phi) is 4.94. The molecule has 2 aromatic carbocycles. The lowest BCUT2D eigenvalue weighted by Gasteiger charge is -2.16. The van der Waals surface area contributed by atoms with E-state index >= 15 is 0 Å². The molecule has 0 radical (unpaired) electrons. The maximum Gasteiger partial charge on any atom is 0.270 e. The molecule has 0 amide bonds. The van der Waals surface area contributed by atoms with E-state index in [1.807, 2.05) is 44.1 Å². The lowest BCUT2D eigenvalue weighted by atomic mass is 9.99. The van der Waals surface area contributed by atoms with Crippen LogP contribution < -0.4 is 0 Å². The summed E-state index contributed by atoms with van der Waals surface area (Å²) in [5.41, 5.74) is 4.77. The van der Waals surface area contributed by atoms with Crippen molar-refractivity contribution >= 4 is 23.0 Å². The normalized spacial score (nSPS) is 12.9. The molecular formula is C21H20ClN5O2. The van der Waals surface area contributed by atoms with Crippen LogP contribution in [0.2, 0.25) is 5.02 Å². The van der Waals surface area contributed by atoms with Gasteiger partial charge in [0.15, 0.2) is 0 Å². The van der Waals surface area contributed by atoms with Crippen LogP contribution in [0.5, 0.6) is 0 Å². The molecule has 4 rings (SSSR count). The zero-order valence-corrected chi connectivity index (χ0v) is 17.1. The van der Waals surface area contributed by atoms with Gasteiger partial charge in [-0.15, -0.1) is 0 Å². The summed E-state index contributed by atoms with van der Waals surface area (Å²) in [7, 11) is 3.96. The number of nitro benzene ring substituents is 1. The second kappa shape index (κ2) is 7.42. The number of nitrogens with zero attached hydrogens (tertiary/aromatic N) is 5. The molecule has 148 valence electrons. The summed E-state index contributed by atoms with van der Waals surface area (Å²) in [6.45, 7) is 3.01. The fourth-order valence-corrected chi connectivity index (χ4v) is 3.85. The molecule has 0 bridgehead atoms. The highest BCUT2D eigenvalue weighted by molar-refractivity contribution is 6.35. The topological polar surface area (TPSA) is 76.6 Å². The molecule has 7 nitrogen and oxygen atoms in total. The number of hydrogen-bond acceptors (Lipinski definition) is 5. The van der Waals surface area contributed by atoms with E-state index in [-0.39, 0.29) is 5.69 Å². The molecule has 0 spiro atoms. The smallest absolute Gasteiger partial charge is 0.270 e. The minimum absolute atomic E-state index is 0.0120. The number of rotatable bonds is 4. The molecule has 0 N–H and O–H groups in total. The first kappa shape index (κ1) is 19.3. The molecule has 1 aliphatic rings. The van der Waals surface area contributed by atoms with Gasteiger partial charge >= 0.3 is 0 Å². The van der Waals surface area contributed by atoms with E-state index in [1.54, 1.807) is 18.2 Å². The van der Waals surface area contributed by atoms with Gasteiger partial charge in [-0.25, -0.2) is 4.98 Å². The van der Waals surface area contributed by atoms with Crippen LogP contribution in [0.3, 0.4) is 0 Å². The number of hydrogen-bond donors (Lipinski definition) is 0. The van der Waals surface area contributed by atoms with E-state index in [0.29, 0.717) is 29.4 Å². The average molecular weight is 410 g/mol. The highest BCUT2D eigenvalue weighted by Crippen LogP contribution is 2.32. The van der Waals surface area contributed by atoms with Gasteiger partial charge in [0, 0.05) is 28.3 Å². The highest BCUT2D eigenvalue weighted by atomic mass is 35.5. The van der Waals surface area contributed by atoms with Crippen LogP contribution in [0.1, 0.15) is 28.3 Å². The lowest BCUT2D eigenvalue weighted by molar-refractivity contribution is -0.384. The molecule has 29 heavy (non-hydrogen) atoms. The Morgan fingerprint density at radius 3 is 2.66 bits per heavy atom. The minimum Gasteiger partial charge on any atom is -0.302 e. The van der Waals surface area contributed by atoms with E-state index in [4.69, 9.17) is 21.6 Å². The predicted molar refractivity (Wildman–Crippen MR) is 113 cm³/mol. The van der Waals surface area contributed by atoms with Gasteiger partial charge in [-0.1, -0.05) is 29.8 Å². The number of nitro groups is 1. The number of halogens is 1. The van der Waals surface area contributed by atoms with Crippen LogP contribution >= 0.6 is 11.6 Å². The Morgan fingerprint density at radius 2 is 1.97 bits per heavy atom. The van der Waals surface area contributed by atoms with Crippen molar-refractivity contribution in [3.05, 3.63) is 85.9 Å². The Labute approximate surface area is 173 Å². The molecule has 2 heterocycles. The molecule has 0 saturated carbocycles. The first-order valence-electron chi connectivity index (χ1n) is 9.17. The molecule has 0 saturated heterocycles. The van der Waals surface area contributed by atoms with Crippen molar-refractivity contribution in [2.75, 3.05) is 14.1 Å². The molecule has 8 heteroatoms. The Bertz CT molecular complexity index is 1150. The summed E-state index contributed by atoms with van der Waals surface area (Å²) in [5, 5.41) is 12.0. The van der Waals surface area contributed by atoms with Crippen LogP contribution in [-0.2, 0) is 13.1 Å². The zero-order valence-electron chi connectivity index (χ0n) is 16.4. The van der Waals surface area contributed by atoms with E-state index in [2.05, 4.69) is 4.57 Å². The van der Waals surface area contributed by atoms with E-state index in [1.165, 1.54) is 6.07 Å². The number of aromatic nitrogens is 2. The van der Waals surface area contributed by atoms with Gasteiger partial charge in [0.05, 0.1) is 40.8 Å². The van der Waals surface area contributed by atoms with Crippen LogP contribution in [-0.4, -0.2) is 39.2 Å². The first-order valence-corrected chi connectivity index (χ1v) is 9.55. The number of non-ortho nitro benzene ring substituents is 1. The van der Waals surface area contributed by atoms with Crippen molar-refractivity contribution in [3.8, 4) is 5.69 Å². The summed E-state index contributed by atoms with van der Waals surface area (Å²) in [5.74, 6) is 0.869.